The van der Waals surface area contributed by atoms with Crippen molar-refractivity contribution >= 4 is 21.9 Å². The number of carbonyl (C=O) groups is 1. The normalized spacial score (nSPS) is 15.9. The third-order valence-corrected chi connectivity index (χ3v) is 7.27. The average Bonchev–Trinajstić information content (AvgIpc) is 2.78. The van der Waals surface area contributed by atoms with Crippen LogP contribution in [0, 0.1) is 5.92 Å². The van der Waals surface area contributed by atoms with E-state index in [1.807, 2.05) is 0 Å². The highest BCUT2D eigenvalue weighted by molar-refractivity contribution is 7.89. The molecular weight excluding hydrogens is 478 g/mol. The van der Waals surface area contributed by atoms with Crippen molar-refractivity contribution in [2.75, 3.05) is 13.1 Å². The molecule has 0 N–H and O–H groups in total. The van der Waals surface area contributed by atoms with Crippen LogP contribution in [0.25, 0.3) is 6.08 Å². The summed E-state index contributed by atoms with van der Waals surface area (Å²) in [5, 5.41) is 0. The van der Waals surface area contributed by atoms with E-state index in [1.54, 1.807) is 0 Å². The van der Waals surface area contributed by atoms with E-state index in [-0.39, 0.29) is 21.8 Å². The van der Waals surface area contributed by atoms with Gasteiger partial charge in [-0.3, -0.25) is 4.79 Å². The largest absolute Gasteiger partial charge is 0.435 e. The second kappa shape index (κ2) is 11.0. The number of ether oxygens (including phenoxy) is 2. The van der Waals surface area contributed by atoms with Crippen LogP contribution in [-0.4, -0.2) is 44.8 Å². The van der Waals surface area contributed by atoms with E-state index in [0.717, 1.165) is 31.1 Å². The molecule has 1 aliphatic rings. The number of halogens is 4. The smallest absolute Gasteiger partial charge is 0.387 e. The summed E-state index contributed by atoms with van der Waals surface area (Å²) in [6, 6.07) is 8.59. The molecule has 0 saturated carbocycles. The number of allylic oxidation sites excluding steroid dienone is 1. The van der Waals surface area contributed by atoms with Crippen LogP contribution >= 0.6 is 0 Å². The van der Waals surface area contributed by atoms with Crippen molar-refractivity contribution in [2.24, 2.45) is 5.92 Å². The van der Waals surface area contributed by atoms with E-state index < -0.39 is 34.8 Å². The number of carbonyl (C=O) groups excluding carboxylic acids is 1. The molecule has 1 fully saturated rings. The number of piperidine rings is 1. The molecule has 6 nitrogen and oxygen atoms in total. The van der Waals surface area contributed by atoms with Gasteiger partial charge >= 0.3 is 13.2 Å². The highest BCUT2D eigenvalue weighted by Gasteiger charge is 2.28. The minimum atomic E-state index is -3.66. The summed E-state index contributed by atoms with van der Waals surface area (Å²) in [4.78, 5) is 12.6. The van der Waals surface area contributed by atoms with Crippen molar-refractivity contribution in [3.63, 3.8) is 0 Å². The van der Waals surface area contributed by atoms with Crippen molar-refractivity contribution in [2.45, 2.75) is 37.9 Å². The number of ketones is 1. The number of hydrogen-bond acceptors (Lipinski definition) is 5. The second-order valence-corrected chi connectivity index (χ2v) is 9.70. The van der Waals surface area contributed by atoms with Crippen molar-refractivity contribution in [1.29, 1.82) is 0 Å². The lowest BCUT2D eigenvalue weighted by molar-refractivity contribution is -0.0543. The summed E-state index contributed by atoms with van der Waals surface area (Å²) in [5.74, 6) is -0.881. The van der Waals surface area contributed by atoms with Crippen LogP contribution in [-0.2, 0) is 10.0 Å². The Morgan fingerprint density at radius 3 is 2.21 bits per heavy atom. The predicted octanol–water partition coefficient (Wildman–Crippen LogP) is 5.21. The zero-order chi connectivity index (χ0) is 24.9. The highest BCUT2D eigenvalue weighted by Crippen LogP contribution is 2.29. The second-order valence-electron chi connectivity index (χ2n) is 7.77. The van der Waals surface area contributed by atoms with Gasteiger partial charge in [-0.2, -0.15) is 21.9 Å². The molecule has 3 rings (SSSR count). The van der Waals surface area contributed by atoms with Gasteiger partial charge in [-0.25, -0.2) is 8.42 Å². The van der Waals surface area contributed by atoms with Crippen LogP contribution in [0.5, 0.6) is 11.5 Å². The maximum atomic E-state index is 12.8. The fourth-order valence-corrected chi connectivity index (χ4v) is 4.92. The zero-order valence-corrected chi connectivity index (χ0v) is 19.0. The maximum Gasteiger partial charge on any atom is 0.387 e. The lowest BCUT2D eigenvalue weighted by Crippen LogP contribution is -2.37. The molecule has 0 amide bonds. The molecule has 184 valence electrons. The van der Waals surface area contributed by atoms with Gasteiger partial charge in [0.2, 0.25) is 10.0 Å². The Bertz CT molecular complexity index is 1130. The quantitative estimate of drug-likeness (QED) is 0.268. The Morgan fingerprint density at radius 2 is 1.62 bits per heavy atom. The molecule has 0 bridgehead atoms. The first-order valence-corrected chi connectivity index (χ1v) is 11.9. The fourth-order valence-electron chi connectivity index (χ4n) is 3.45. The molecule has 2 aromatic carbocycles. The van der Waals surface area contributed by atoms with E-state index >= 15 is 0 Å². The van der Waals surface area contributed by atoms with Crippen LogP contribution in [0.15, 0.2) is 53.4 Å². The molecule has 2 aromatic rings. The van der Waals surface area contributed by atoms with Gasteiger partial charge in [0.1, 0.15) is 11.5 Å². The van der Waals surface area contributed by atoms with E-state index in [1.165, 1.54) is 40.7 Å². The minimum Gasteiger partial charge on any atom is -0.435 e. The van der Waals surface area contributed by atoms with Gasteiger partial charge in [-0.05, 0) is 67.3 Å². The molecule has 0 unspecified atom stereocenters. The molecule has 0 spiro atoms. The first-order chi connectivity index (χ1) is 16.1. The summed E-state index contributed by atoms with van der Waals surface area (Å²) >= 11 is 0. The summed E-state index contributed by atoms with van der Waals surface area (Å²) < 4.78 is 85.7. The van der Waals surface area contributed by atoms with Crippen molar-refractivity contribution in [3.8, 4) is 11.5 Å². The Hall–Kier alpha value is -2.92. The fraction of sp³-hybridized carbons (Fsp3) is 0.348. The lowest BCUT2D eigenvalue weighted by atomic mass is 10.0. The first-order valence-electron chi connectivity index (χ1n) is 10.4. The number of alkyl halides is 4. The van der Waals surface area contributed by atoms with Gasteiger partial charge in [0.25, 0.3) is 0 Å². The highest BCUT2D eigenvalue weighted by atomic mass is 32.2. The number of hydrogen-bond donors (Lipinski definition) is 0. The molecule has 0 aliphatic carbocycles. The number of nitrogens with zero attached hydrogens (tertiary/aromatic N) is 1. The van der Waals surface area contributed by atoms with Crippen molar-refractivity contribution < 1.29 is 40.2 Å². The summed E-state index contributed by atoms with van der Waals surface area (Å²) in [7, 11) is -3.66. The Morgan fingerprint density at radius 1 is 1.00 bits per heavy atom. The van der Waals surface area contributed by atoms with Gasteiger partial charge in [0.05, 0.1) is 4.90 Å². The van der Waals surface area contributed by atoms with Crippen molar-refractivity contribution in [1.82, 2.24) is 4.31 Å². The maximum absolute atomic E-state index is 12.8. The van der Waals surface area contributed by atoms with E-state index in [0.29, 0.717) is 19.0 Å². The minimum absolute atomic E-state index is 0.0359. The predicted molar refractivity (Wildman–Crippen MR) is 117 cm³/mol. The number of rotatable bonds is 9. The van der Waals surface area contributed by atoms with Gasteiger partial charge in [-0.1, -0.05) is 6.92 Å². The molecular formula is C23H23F4NO5S. The average molecular weight is 501 g/mol. The number of benzene rings is 2. The molecule has 0 atom stereocenters. The summed E-state index contributed by atoms with van der Waals surface area (Å²) in [6.45, 7) is -3.41. The van der Waals surface area contributed by atoms with Crippen LogP contribution in [0.1, 0.15) is 35.7 Å². The molecule has 0 radical (unpaired) electrons. The molecule has 0 aromatic heterocycles. The van der Waals surface area contributed by atoms with Gasteiger partial charge < -0.3 is 9.47 Å². The van der Waals surface area contributed by atoms with Gasteiger partial charge in [-0.15, -0.1) is 0 Å². The third-order valence-electron chi connectivity index (χ3n) is 5.36. The van der Waals surface area contributed by atoms with Crippen LogP contribution in [0.4, 0.5) is 17.6 Å². The van der Waals surface area contributed by atoms with E-state index in [2.05, 4.69) is 16.4 Å². The Balaban J connectivity index is 1.75. The zero-order valence-electron chi connectivity index (χ0n) is 18.2. The van der Waals surface area contributed by atoms with E-state index in [9.17, 15) is 30.8 Å². The summed E-state index contributed by atoms with van der Waals surface area (Å²) in [6.07, 6.45) is 3.84. The molecule has 1 saturated heterocycles. The standard InChI is InChI=1S/C23H23F4NO5S/c1-15-10-12-28(13-11-15)34(30,31)19-7-3-16(4-8-19)20(29)9-5-17-2-6-18(32-22(24)25)14-21(17)33-23(26)27/h2-9,14-15,22-23H,10-13H2,1H3/b9-5+. The van der Waals surface area contributed by atoms with Crippen LogP contribution in [0.3, 0.4) is 0 Å². The van der Waals surface area contributed by atoms with Crippen LogP contribution < -0.4 is 9.47 Å². The molecule has 11 heteroatoms. The topological polar surface area (TPSA) is 72.9 Å². The molecule has 1 aliphatic heterocycles. The lowest BCUT2D eigenvalue weighted by Gasteiger charge is -2.29. The Labute approximate surface area is 194 Å². The number of sulfonamides is 1. The van der Waals surface area contributed by atoms with Crippen molar-refractivity contribution in [3.05, 3.63) is 59.7 Å². The Kier molecular flexibility index (Phi) is 8.32. The monoisotopic (exact) mass is 501 g/mol. The SMILES string of the molecule is CC1CCN(S(=O)(=O)c2ccc(C(=O)/C=C/c3ccc(OC(F)F)cc3OC(F)F)cc2)CC1. The van der Waals surface area contributed by atoms with Gasteiger partial charge in [0.15, 0.2) is 5.78 Å². The third kappa shape index (κ3) is 6.57. The first kappa shape index (κ1) is 25.7. The molecule has 34 heavy (non-hydrogen) atoms. The summed E-state index contributed by atoms with van der Waals surface area (Å²) in [5.41, 5.74) is 0.213. The molecule has 1 heterocycles. The van der Waals surface area contributed by atoms with E-state index in [4.69, 9.17) is 0 Å². The van der Waals surface area contributed by atoms with Crippen LogP contribution in [0.2, 0.25) is 0 Å². The van der Waals surface area contributed by atoms with Gasteiger partial charge in [0, 0.05) is 30.3 Å².